The van der Waals surface area contributed by atoms with Crippen LogP contribution < -0.4 is 0 Å². The van der Waals surface area contributed by atoms with Crippen molar-refractivity contribution in [1.82, 2.24) is 4.90 Å². The number of Topliss-reactive ketones (excluding diaryl/α,β-unsaturated/α-hetero) is 2. The van der Waals surface area contributed by atoms with Crippen LogP contribution in [0, 0.1) is 29.6 Å². The van der Waals surface area contributed by atoms with Crippen molar-refractivity contribution in [3.8, 4) is 0 Å². The highest BCUT2D eigenvalue weighted by Gasteiger charge is 2.56. The van der Waals surface area contributed by atoms with Crippen molar-refractivity contribution in [3.63, 3.8) is 0 Å². The number of carbonyl (C=O) groups excluding carboxylic acids is 4. The number of rotatable bonds is 11. The number of piperidine rings is 1. The Morgan fingerprint density at radius 2 is 1.64 bits per heavy atom. The number of hydrogen-bond acceptors (Lipinski definition) is 13. The minimum Gasteiger partial charge on any atom is -0.456 e. The average molecular weight is 950 g/mol. The smallest absolute Gasteiger partial charge is 0.329 e. The molecular formula is C51H87NO13Si. The van der Waals surface area contributed by atoms with Gasteiger partial charge >= 0.3 is 5.97 Å². The van der Waals surface area contributed by atoms with Gasteiger partial charge in [0, 0.05) is 39.0 Å². The molecule has 14 atom stereocenters. The van der Waals surface area contributed by atoms with Crippen molar-refractivity contribution >= 4 is 31.8 Å². The van der Waals surface area contributed by atoms with Crippen molar-refractivity contribution in [3.05, 3.63) is 23.3 Å². The van der Waals surface area contributed by atoms with Gasteiger partial charge in [0.15, 0.2) is 8.32 Å². The summed E-state index contributed by atoms with van der Waals surface area (Å²) in [4.78, 5) is 58.6. The number of hydrogen-bond donors (Lipinski definition) is 3. The van der Waals surface area contributed by atoms with E-state index in [0.29, 0.717) is 51.4 Å². The Balaban J connectivity index is 1.73. The highest BCUT2D eigenvalue weighted by atomic mass is 28.4. The van der Waals surface area contributed by atoms with Crippen LogP contribution in [0.25, 0.3) is 0 Å². The minimum absolute atomic E-state index is 0.000953. The standard InChI is InChI=1S/C51H87NO13Si/c1-14-37-24-31(2)23-32(3)25-43(60-10)46-44(61-11)27-35(6)51(59,64-46)47(56)48(57)52-22-16-15-17-39(52)49(58)63-45(33(4)18-20-40(37)55)34(5)26-36-19-21-41(65-66(12,13)50(7,8)9)42(28-36)62-30-38(54)29-53/h24,26,32-33,35-39,41-46,53-54,59H,14-23,25,27-30H2,1-13H3. The van der Waals surface area contributed by atoms with Crippen LogP contribution in [-0.4, -0.2) is 141 Å². The monoisotopic (exact) mass is 950 g/mol. The van der Waals surface area contributed by atoms with E-state index >= 15 is 0 Å². The fraction of sp³-hybridized carbons (Fsp3) is 0.843. The molecule has 3 heterocycles. The first-order valence-corrected chi connectivity index (χ1v) is 27.8. The maximum Gasteiger partial charge on any atom is 0.329 e. The summed E-state index contributed by atoms with van der Waals surface area (Å²) in [6.07, 6.45) is 6.17. The lowest BCUT2D eigenvalue weighted by molar-refractivity contribution is -0.302. The van der Waals surface area contributed by atoms with Gasteiger partial charge in [0.1, 0.15) is 30.1 Å². The second-order valence-electron chi connectivity index (χ2n) is 21.8. The Morgan fingerprint density at radius 3 is 2.26 bits per heavy atom. The lowest BCUT2D eigenvalue weighted by atomic mass is 9.82. The molecule has 3 aliphatic heterocycles. The number of carbonyl (C=O) groups is 4. The van der Waals surface area contributed by atoms with Gasteiger partial charge in [-0.1, -0.05) is 66.2 Å². The molecule has 66 heavy (non-hydrogen) atoms. The van der Waals surface area contributed by atoms with Crippen molar-refractivity contribution in [2.45, 2.75) is 212 Å². The van der Waals surface area contributed by atoms with E-state index in [4.69, 9.17) is 28.1 Å². The molecule has 1 aliphatic carbocycles. The number of ether oxygens (including phenoxy) is 5. The predicted octanol–water partition coefficient (Wildman–Crippen LogP) is 7.26. The number of esters is 1. The lowest BCUT2D eigenvalue weighted by Crippen LogP contribution is -2.64. The van der Waals surface area contributed by atoms with Crippen LogP contribution >= 0.6 is 0 Å². The number of methoxy groups -OCH3 is 2. The summed E-state index contributed by atoms with van der Waals surface area (Å²) in [5, 5.41) is 31.9. The molecule has 0 aromatic heterocycles. The van der Waals surface area contributed by atoms with Gasteiger partial charge in [-0.3, -0.25) is 14.4 Å². The van der Waals surface area contributed by atoms with Gasteiger partial charge in [0.05, 0.1) is 37.6 Å². The number of aliphatic hydroxyl groups excluding tert-OH is 2. The molecule has 0 spiro atoms. The summed E-state index contributed by atoms with van der Waals surface area (Å²) in [6.45, 7) is 22.4. The molecule has 1 saturated carbocycles. The van der Waals surface area contributed by atoms with Crippen LogP contribution in [-0.2, 0) is 47.3 Å². The minimum atomic E-state index is -2.49. The fourth-order valence-corrected chi connectivity index (χ4v) is 11.7. The van der Waals surface area contributed by atoms with Gasteiger partial charge in [0.25, 0.3) is 11.7 Å². The molecule has 0 radical (unpaired) electrons. The van der Waals surface area contributed by atoms with E-state index in [9.17, 15) is 34.5 Å². The second-order valence-corrected chi connectivity index (χ2v) is 26.6. The van der Waals surface area contributed by atoms with Crippen LogP contribution in [0.2, 0.25) is 18.1 Å². The highest BCUT2D eigenvalue weighted by molar-refractivity contribution is 6.74. The van der Waals surface area contributed by atoms with Gasteiger partial charge in [-0.15, -0.1) is 0 Å². The van der Waals surface area contributed by atoms with Gasteiger partial charge in [-0.2, -0.15) is 0 Å². The third-order valence-corrected chi connectivity index (χ3v) is 19.9. The van der Waals surface area contributed by atoms with Crippen LogP contribution in [0.15, 0.2) is 23.3 Å². The van der Waals surface area contributed by atoms with Crippen LogP contribution in [0.5, 0.6) is 0 Å². The van der Waals surface area contributed by atoms with Crippen molar-refractivity contribution in [2.75, 3.05) is 34.0 Å². The summed E-state index contributed by atoms with van der Waals surface area (Å²) in [7, 11) is 0.910. The lowest BCUT2D eigenvalue weighted by Gasteiger charge is -2.47. The first-order chi connectivity index (χ1) is 30.9. The Morgan fingerprint density at radius 1 is 0.970 bits per heavy atom. The molecule has 1 amide bonds. The number of aliphatic hydroxyl groups is 3. The summed E-state index contributed by atoms with van der Waals surface area (Å²) in [6, 6.07) is -1.08. The molecular weight excluding hydrogens is 863 g/mol. The van der Waals surface area contributed by atoms with Crippen LogP contribution in [0.1, 0.15) is 139 Å². The quantitative estimate of drug-likeness (QED) is 0.0814. The second kappa shape index (κ2) is 24.5. The Hall–Kier alpha value is -2.34. The number of fused-ring (bicyclic) bond motifs is 3. The number of nitrogens with zero attached hydrogens (tertiary/aromatic N) is 1. The normalized spacial score (nSPS) is 36.2. The first-order valence-electron chi connectivity index (χ1n) is 24.9. The van der Waals surface area contributed by atoms with Crippen molar-refractivity contribution in [2.24, 2.45) is 29.6 Å². The summed E-state index contributed by atoms with van der Waals surface area (Å²) < 4.78 is 37.8. The van der Waals surface area contributed by atoms with Crippen molar-refractivity contribution < 1.29 is 62.6 Å². The van der Waals surface area contributed by atoms with E-state index in [1.807, 2.05) is 27.7 Å². The SMILES string of the molecule is CCC1C=C(C)CC(C)CC(OC)C2OC(O)(C(=O)C(=O)N3CCCCC3C(=O)OC(C(C)=CC3CCC(O[Si](C)(C)C(C)(C)C)C(OCC(O)CO)C3)C(C)CCC1=O)C(C)CC2OC. The summed E-state index contributed by atoms with van der Waals surface area (Å²) in [5.74, 6) is -6.49. The van der Waals surface area contributed by atoms with E-state index in [-0.39, 0.29) is 79.1 Å². The maximum atomic E-state index is 14.6. The number of amides is 1. The first kappa shape index (κ1) is 56.2. The molecule has 3 fully saturated rings. The summed E-state index contributed by atoms with van der Waals surface area (Å²) in [5.41, 5.74) is 1.87. The van der Waals surface area contributed by atoms with E-state index in [1.165, 1.54) is 4.90 Å². The van der Waals surface area contributed by atoms with E-state index in [0.717, 1.165) is 17.6 Å². The van der Waals surface area contributed by atoms with E-state index < -0.39 is 80.9 Å². The molecule has 0 aromatic rings. The number of ketones is 2. The molecule has 4 aliphatic rings. The van der Waals surface area contributed by atoms with Gasteiger partial charge in [-0.05, 0) is 126 Å². The fourth-order valence-electron chi connectivity index (χ4n) is 10.3. The Labute approximate surface area is 397 Å². The molecule has 14 unspecified atom stereocenters. The molecule has 2 bridgehead atoms. The molecule has 2 saturated heterocycles. The Kier molecular flexibility index (Phi) is 20.9. The molecule has 4 rings (SSSR count). The molecule has 15 heteroatoms. The molecule has 3 N–H and O–H groups in total. The van der Waals surface area contributed by atoms with Crippen LogP contribution in [0.4, 0.5) is 0 Å². The molecule has 378 valence electrons. The van der Waals surface area contributed by atoms with Gasteiger partial charge < -0.3 is 48.3 Å². The topological polar surface area (TPSA) is 188 Å². The van der Waals surface area contributed by atoms with Gasteiger partial charge in [-0.25, -0.2) is 4.79 Å². The third-order valence-electron chi connectivity index (χ3n) is 15.4. The third kappa shape index (κ3) is 14.1. The maximum absolute atomic E-state index is 14.6. The Bertz CT molecular complexity index is 1690. The molecule has 14 nitrogen and oxygen atoms in total. The van der Waals surface area contributed by atoms with Crippen molar-refractivity contribution in [1.29, 1.82) is 0 Å². The zero-order valence-corrected chi connectivity index (χ0v) is 43.6. The van der Waals surface area contributed by atoms with Gasteiger partial charge in [0.2, 0.25) is 5.79 Å². The van der Waals surface area contributed by atoms with E-state index in [2.05, 4.69) is 52.9 Å². The van der Waals surface area contributed by atoms with Crippen LogP contribution in [0.3, 0.4) is 0 Å². The molecule has 0 aromatic carbocycles. The summed E-state index contributed by atoms with van der Waals surface area (Å²) >= 11 is 0. The average Bonchev–Trinajstić information content (AvgIpc) is 3.27. The zero-order chi connectivity index (χ0) is 49.3. The highest BCUT2D eigenvalue weighted by Crippen LogP contribution is 2.42. The predicted molar refractivity (Wildman–Crippen MR) is 255 cm³/mol. The zero-order valence-electron chi connectivity index (χ0n) is 42.6. The number of cyclic esters (lactones) is 1. The largest absolute Gasteiger partial charge is 0.456 e. The van der Waals surface area contributed by atoms with E-state index in [1.54, 1.807) is 21.1 Å². The number of allylic oxidation sites excluding steroid dienone is 3.